The molecule has 0 radical (unpaired) electrons. The van der Waals surface area contributed by atoms with Crippen LogP contribution in [-0.4, -0.2) is 29.1 Å². The predicted octanol–water partition coefficient (Wildman–Crippen LogP) is 18.6. The van der Waals surface area contributed by atoms with E-state index in [0.29, 0.717) is 21.7 Å². The smallest absolute Gasteiger partial charge is 0.159 e. The summed E-state index contributed by atoms with van der Waals surface area (Å²) in [4.78, 5) is 21.1. The molecule has 9 heteroatoms. The highest BCUT2D eigenvalue weighted by molar-refractivity contribution is 6.32. The number of nitrogens with zero attached hydrogens (tertiary/aromatic N) is 7. The molecule has 0 fully saturated rings. The van der Waals surface area contributed by atoms with E-state index in [1.54, 1.807) is 24.8 Å². The zero-order valence-corrected chi connectivity index (χ0v) is 42.7. The van der Waals surface area contributed by atoms with Crippen molar-refractivity contribution in [1.82, 2.24) is 29.1 Å². The number of anilines is 3. The molecule has 0 unspecified atom stereocenters. The SMILES string of the molecule is Clc1cccc(-n2c3ccc(-c4ncccn4)cc3c3cc(-c4ccc(N(c5ccc(-c6ccccc6)cc5)c5ccc(-c6ccccc6)cc5)cc4)c4c5cc(-c6ncccn6)ccc5n(-c5cccc(Cl)c5)c4c32)c1. The molecule has 0 amide bonds. The van der Waals surface area contributed by atoms with E-state index in [2.05, 4.69) is 212 Å². The van der Waals surface area contributed by atoms with Crippen LogP contribution in [0.1, 0.15) is 0 Å². The molecule has 0 aliphatic rings. The van der Waals surface area contributed by atoms with Gasteiger partial charge in [0.15, 0.2) is 11.6 Å². The van der Waals surface area contributed by atoms with Gasteiger partial charge in [-0.25, -0.2) is 19.9 Å². The molecule has 0 aliphatic heterocycles. The fourth-order valence-corrected chi connectivity index (χ4v) is 11.3. The van der Waals surface area contributed by atoms with Crippen molar-refractivity contribution in [2.75, 3.05) is 4.90 Å². The average molecular weight is 1030 g/mol. The maximum Gasteiger partial charge on any atom is 0.159 e. The lowest BCUT2D eigenvalue weighted by molar-refractivity contribution is 1.15. The minimum Gasteiger partial charge on any atom is -0.311 e. The van der Waals surface area contributed by atoms with Gasteiger partial charge < -0.3 is 14.0 Å². The Morgan fingerprint density at radius 3 is 1.21 bits per heavy atom. The molecule has 4 heterocycles. The number of hydrogen-bond acceptors (Lipinski definition) is 5. The Bertz CT molecular complexity index is 4400. The van der Waals surface area contributed by atoms with Gasteiger partial charge in [-0.15, -0.1) is 0 Å². The molecule has 0 bridgehead atoms. The quantitative estimate of drug-likeness (QED) is 0.137. The van der Waals surface area contributed by atoms with Crippen LogP contribution in [0, 0.1) is 0 Å². The van der Waals surface area contributed by atoms with Gasteiger partial charge in [0, 0.05) is 95.9 Å². The van der Waals surface area contributed by atoms with Crippen molar-refractivity contribution < 1.29 is 0 Å². The van der Waals surface area contributed by atoms with Crippen LogP contribution in [0.3, 0.4) is 0 Å². The highest BCUT2D eigenvalue weighted by Crippen LogP contribution is 2.48. The molecule has 0 N–H and O–H groups in total. The van der Waals surface area contributed by atoms with E-state index in [-0.39, 0.29) is 0 Å². The fourth-order valence-electron chi connectivity index (χ4n) is 11.0. The monoisotopic (exact) mass is 1030 g/mol. The summed E-state index contributed by atoms with van der Waals surface area (Å²) in [6.07, 6.45) is 7.14. The number of rotatable bonds is 10. The molecule has 77 heavy (non-hydrogen) atoms. The van der Waals surface area contributed by atoms with E-state index in [9.17, 15) is 0 Å². The standard InChI is InChI=1S/C68H43Cl2N7/c69-51-15-7-17-56(41-51)76-62-33-25-49(67-71-35-9-36-72-67)39-59(62)60-43-58(64-61-40-50(68-73-37-10-38-74-68)26-34-63(61)77(66(64)65(60)76)57-18-8-16-52(70)42-57)48-23-31-55(32-24-48)75(53-27-19-46(20-28-53)44-11-3-1-4-12-44)54-29-21-47(22-30-54)45-13-5-2-6-14-45/h1-43H. The normalized spacial score (nSPS) is 11.5. The third kappa shape index (κ3) is 8.26. The summed E-state index contributed by atoms with van der Waals surface area (Å²) < 4.78 is 4.69. The molecule has 0 saturated carbocycles. The van der Waals surface area contributed by atoms with E-state index in [1.165, 1.54) is 11.1 Å². The maximum atomic E-state index is 6.93. The van der Waals surface area contributed by atoms with Crippen molar-refractivity contribution in [3.8, 4) is 67.5 Å². The highest BCUT2D eigenvalue weighted by atomic mass is 35.5. The lowest BCUT2D eigenvalue weighted by Crippen LogP contribution is -2.09. The summed E-state index contributed by atoms with van der Waals surface area (Å²) in [7, 11) is 0. The summed E-state index contributed by atoms with van der Waals surface area (Å²) in [6.45, 7) is 0. The zero-order valence-electron chi connectivity index (χ0n) is 41.2. The zero-order chi connectivity index (χ0) is 51.4. The lowest BCUT2D eigenvalue weighted by Gasteiger charge is -2.26. The van der Waals surface area contributed by atoms with E-state index in [0.717, 1.165) is 105 Å². The minimum absolute atomic E-state index is 0.631. The van der Waals surface area contributed by atoms with E-state index >= 15 is 0 Å². The Hall–Kier alpha value is -9.66. The second kappa shape index (κ2) is 19.2. The molecule has 0 saturated heterocycles. The lowest BCUT2D eigenvalue weighted by atomic mass is 9.95. The molecule has 0 aliphatic carbocycles. The number of halogens is 2. The van der Waals surface area contributed by atoms with Crippen LogP contribution in [0.15, 0.2) is 261 Å². The Morgan fingerprint density at radius 2 is 0.727 bits per heavy atom. The van der Waals surface area contributed by atoms with Gasteiger partial charge in [-0.2, -0.15) is 0 Å². The molecule has 364 valence electrons. The Kier molecular flexibility index (Phi) is 11.5. The largest absolute Gasteiger partial charge is 0.311 e. The molecule has 14 aromatic rings. The minimum atomic E-state index is 0.631. The van der Waals surface area contributed by atoms with Crippen molar-refractivity contribution in [2.24, 2.45) is 0 Å². The van der Waals surface area contributed by atoms with Gasteiger partial charge in [-0.1, -0.05) is 132 Å². The van der Waals surface area contributed by atoms with Crippen LogP contribution in [0.5, 0.6) is 0 Å². The summed E-state index contributed by atoms with van der Waals surface area (Å²) in [5, 5.41) is 5.43. The van der Waals surface area contributed by atoms with Crippen molar-refractivity contribution in [1.29, 1.82) is 0 Å². The molecular formula is C68H43Cl2N7. The van der Waals surface area contributed by atoms with Crippen molar-refractivity contribution in [3.63, 3.8) is 0 Å². The summed E-state index contributed by atoms with van der Waals surface area (Å²) in [6, 6.07) is 82.9. The molecule has 0 spiro atoms. The van der Waals surface area contributed by atoms with Gasteiger partial charge in [0.2, 0.25) is 0 Å². The van der Waals surface area contributed by atoms with Gasteiger partial charge >= 0.3 is 0 Å². The first-order valence-corrected chi connectivity index (χ1v) is 26.1. The first-order valence-electron chi connectivity index (χ1n) is 25.4. The van der Waals surface area contributed by atoms with Crippen LogP contribution in [0.4, 0.5) is 17.1 Å². The molecule has 4 aromatic heterocycles. The fraction of sp³-hybridized carbons (Fsp3) is 0. The van der Waals surface area contributed by atoms with E-state index in [4.69, 9.17) is 33.2 Å². The summed E-state index contributed by atoms with van der Waals surface area (Å²) in [5.41, 5.74) is 17.5. The second-order valence-electron chi connectivity index (χ2n) is 19.0. The van der Waals surface area contributed by atoms with Gasteiger partial charge in [0.1, 0.15) is 0 Å². The van der Waals surface area contributed by atoms with Gasteiger partial charge in [-0.05, 0) is 161 Å². The summed E-state index contributed by atoms with van der Waals surface area (Å²) >= 11 is 13.8. The highest BCUT2D eigenvalue weighted by Gasteiger charge is 2.26. The number of fused-ring (bicyclic) bond motifs is 7. The average Bonchev–Trinajstić information content (AvgIpc) is 4.09. The van der Waals surface area contributed by atoms with Gasteiger partial charge in [0.05, 0.1) is 22.1 Å². The van der Waals surface area contributed by atoms with Gasteiger partial charge in [-0.3, -0.25) is 0 Å². The summed E-state index contributed by atoms with van der Waals surface area (Å²) in [5.74, 6) is 1.29. The van der Waals surface area contributed by atoms with Crippen LogP contribution < -0.4 is 4.90 Å². The first kappa shape index (κ1) is 45.9. The van der Waals surface area contributed by atoms with Crippen molar-refractivity contribution >= 4 is 83.9 Å². The van der Waals surface area contributed by atoms with Crippen LogP contribution in [-0.2, 0) is 0 Å². The predicted molar refractivity (Wildman–Crippen MR) is 318 cm³/mol. The molecule has 10 aromatic carbocycles. The Balaban J connectivity index is 1.05. The molecule has 7 nitrogen and oxygen atoms in total. The van der Waals surface area contributed by atoms with Crippen molar-refractivity contribution in [3.05, 3.63) is 271 Å². The third-order valence-electron chi connectivity index (χ3n) is 14.4. The number of aromatic nitrogens is 6. The van der Waals surface area contributed by atoms with Crippen molar-refractivity contribution in [2.45, 2.75) is 0 Å². The van der Waals surface area contributed by atoms with Gasteiger partial charge in [0.25, 0.3) is 0 Å². The topological polar surface area (TPSA) is 64.7 Å². The van der Waals surface area contributed by atoms with Crippen LogP contribution in [0.25, 0.3) is 111 Å². The van der Waals surface area contributed by atoms with E-state index in [1.807, 2.05) is 48.5 Å². The maximum absolute atomic E-state index is 6.93. The number of benzene rings is 10. The Morgan fingerprint density at radius 1 is 0.312 bits per heavy atom. The molecule has 14 rings (SSSR count). The second-order valence-corrected chi connectivity index (χ2v) is 19.9. The number of hydrogen-bond donors (Lipinski definition) is 0. The third-order valence-corrected chi connectivity index (χ3v) is 14.9. The van der Waals surface area contributed by atoms with Crippen LogP contribution in [0.2, 0.25) is 10.0 Å². The molecule has 0 atom stereocenters. The first-order chi connectivity index (χ1) is 38.0. The molecular weight excluding hydrogens is 986 g/mol. The Labute approximate surface area is 454 Å². The van der Waals surface area contributed by atoms with Crippen LogP contribution >= 0.6 is 23.2 Å². The van der Waals surface area contributed by atoms with E-state index < -0.39 is 0 Å².